The topological polar surface area (TPSA) is 3.24 Å². The maximum absolute atomic E-state index is 2.61. The van der Waals surface area contributed by atoms with Crippen molar-refractivity contribution in [3.63, 3.8) is 0 Å². The van der Waals surface area contributed by atoms with Crippen LogP contribution in [0.2, 0.25) is 0 Å². The number of hydrogen-bond acceptors (Lipinski definition) is 3. The molecule has 0 aliphatic heterocycles. The Balaban J connectivity index is 1.17. The van der Waals surface area contributed by atoms with Gasteiger partial charge in [0.25, 0.3) is 0 Å². The molecule has 13 rings (SSSR count). The first kappa shape index (κ1) is 35.5. The standard InChI is InChI=1S/C59H37NS2/c1-3-19-39(20-4-1)59(40-21-5-2-6-22-40)49-30-12-9-24-42(49)44-27-16-33-52(56(44)59)60(51-32-17-35-54-55(51)48-26-11-14-34-53(48)61-54)50-31-13-10-25-43(50)45-28-15-29-46-47-37-36-38-18-7-8-23-41(38)57(47)62-58(45)46/h1-37H. The van der Waals surface area contributed by atoms with Crippen LogP contribution in [0.5, 0.6) is 0 Å². The highest BCUT2D eigenvalue weighted by molar-refractivity contribution is 7.27. The summed E-state index contributed by atoms with van der Waals surface area (Å²) in [4.78, 5) is 2.61. The van der Waals surface area contributed by atoms with Crippen LogP contribution in [0.25, 0.3) is 73.4 Å². The first-order valence-corrected chi connectivity index (χ1v) is 22.9. The average Bonchev–Trinajstić information content (AvgIpc) is 4.02. The molecular weight excluding hydrogens is 787 g/mol. The number of anilines is 3. The van der Waals surface area contributed by atoms with E-state index in [1.165, 1.54) is 101 Å². The smallest absolute Gasteiger partial charge is 0.0734 e. The lowest BCUT2D eigenvalue weighted by atomic mass is 9.67. The van der Waals surface area contributed by atoms with Gasteiger partial charge in [0.2, 0.25) is 0 Å². The third-order valence-corrected chi connectivity index (χ3v) is 15.6. The SMILES string of the molecule is c1ccc(C2(c3ccccc3)c3ccccc3-c3cccc(N(c4ccccc4-c4cccc5c4sc4c6ccccc6ccc54)c4cccc5sc6ccccc6c45)c32)cc1. The Morgan fingerprint density at radius 3 is 1.73 bits per heavy atom. The summed E-state index contributed by atoms with van der Waals surface area (Å²) >= 11 is 3.79. The first-order chi connectivity index (χ1) is 30.8. The van der Waals surface area contributed by atoms with Crippen molar-refractivity contribution in [2.24, 2.45) is 0 Å². The van der Waals surface area contributed by atoms with E-state index in [-0.39, 0.29) is 0 Å². The van der Waals surface area contributed by atoms with Crippen molar-refractivity contribution in [1.82, 2.24) is 0 Å². The van der Waals surface area contributed by atoms with Gasteiger partial charge in [0.1, 0.15) is 0 Å². The number of rotatable bonds is 6. The molecule has 12 aromatic rings. The number of para-hydroxylation sites is 1. The van der Waals surface area contributed by atoms with Crippen LogP contribution in [-0.4, -0.2) is 0 Å². The van der Waals surface area contributed by atoms with E-state index in [1.807, 2.05) is 22.7 Å². The second-order valence-electron chi connectivity index (χ2n) is 16.3. The first-order valence-electron chi connectivity index (χ1n) is 21.3. The molecule has 1 aliphatic rings. The van der Waals surface area contributed by atoms with E-state index in [0.717, 1.165) is 11.4 Å². The van der Waals surface area contributed by atoms with Crippen molar-refractivity contribution in [3.05, 3.63) is 247 Å². The van der Waals surface area contributed by atoms with Crippen LogP contribution in [-0.2, 0) is 5.41 Å². The van der Waals surface area contributed by atoms with E-state index in [4.69, 9.17) is 0 Å². The maximum Gasteiger partial charge on any atom is 0.0734 e. The zero-order chi connectivity index (χ0) is 40.8. The predicted molar refractivity (Wildman–Crippen MR) is 267 cm³/mol. The van der Waals surface area contributed by atoms with Crippen molar-refractivity contribution in [3.8, 4) is 22.3 Å². The molecule has 10 aromatic carbocycles. The van der Waals surface area contributed by atoms with Gasteiger partial charge in [0, 0.05) is 57.0 Å². The number of fused-ring (bicyclic) bond motifs is 11. The lowest BCUT2D eigenvalue weighted by Gasteiger charge is -2.38. The van der Waals surface area contributed by atoms with E-state index in [9.17, 15) is 0 Å². The zero-order valence-corrected chi connectivity index (χ0v) is 35.3. The summed E-state index contributed by atoms with van der Waals surface area (Å²) in [5, 5.41) is 7.73. The van der Waals surface area contributed by atoms with Crippen LogP contribution >= 0.6 is 22.7 Å². The molecule has 0 spiro atoms. The van der Waals surface area contributed by atoms with E-state index in [2.05, 4.69) is 229 Å². The Hall–Kier alpha value is -7.30. The third kappa shape index (κ3) is 5.01. The van der Waals surface area contributed by atoms with E-state index in [0.29, 0.717) is 0 Å². The van der Waals surface area contributed by atoms with Crippen LogP contribution in [0.1, 0.15) is 22.3 Å². The summed E-state index contributed by atoms with van der Waals surface area (Å²) in [6.07, 6.45) is 0. The predicted octanol–water partition coefficient (Wildman–Crippen LogP) is 17.1. The molecule has 2 aromatic heterocycles. The van der Waals surface area contributed by atoms with Gasteiger partial charge in [-0.3, -0.25) is 0 Å². The molecule has 3 heteroatoms. The van der Waals surface area contributed by atoms with Gasteiger partial charge in [0.05, 0.1) is 22.5 Å². The fourth-order valence-corrected chi connectivity index (χ4v) is 13.1. The molecule has 2 heterocycles. The Labute approximate surface area is 368 Å². The Bertz CT molecular complexity index is 3670. The number of nitrogens with zero attached hydrogens (tertiary/aromatic N) is 1. The molecule has 0 saturated carbocycles. The largest absolute Gasteiger partial charge is 0.309 e. The van der Waals surface area contributed by atoms with Gasteiger partial charge in [-0.15, -0.1) is 22.7 Å². The average molecular weight is 824 g/mol. The monoisotopic (exact) mass is 823 g/mol. The molecule has 62 heavy (non-hydrogen) atoms. The van der Waals surface area contributed by atoms with Crippen molar-refractivity contribution in [2.75, 3.05) is 4.90 Å². The molecule has 0 radical (unpaired) electrons. The fraction of sp³-hybridized carbons (Fsp3) is 0.0169. The molecule has 1 nitrogen and oxygen atoms in total. The van der Waals surface area contributed by atoms with Crippen molar-refractivity contribution >= 4 is 90.9 Å². The fourth-order valence-electron chi connectivity index (χ4n) is 10.6. The minimum absolute atomic E-state index is 0.602. The highest BCUT2D eigenvalue weighted by Crippen LogP contribution is 2.61. The quantitative estimate of drug-likeness (QED) is 0.161. The summed E-state index contributed by atoms with van der Waals surface area (Å²) in [6.45, 7) is 0. The van der Waals surface area contributed by atoms with Gasteiger partial charge in [0.15, 0.2) is 0 Å². The molecule has 0 bridgehead atoms. The highest BCUT2D eigenvalue weighted by atomic mass is 32.1. The zero-order valence-electron chi connectivity index (χ0n) is 33.6. The second kappa shape index (κ2) is 13.9. The van der Waals surface area contributed by atoms with E-state index < -0.39 is 5.41 Å². The van der Waals surface area contributed by atoms with Crippen LogP contribution in [0.15, 0.2) is 224 Å². The summed E-state index contributed by atoms with van der Waals surface area (Å²) in [5.74, 6) is 0. The molecule has 0 fully saturated rings. The Kier molecular flexibility index (Phi) is 7.93. The lowest BCUT2D eigenvalue weighted by molar-refractivity contribution is 0.768. The molecule has 0 atom stereocenters. The van der Waals surface area contributed by atoms with Crippen LogP contribution in [0.4, 0.5) is 17.1 Å². The molecule has 0 N–H and O–H groups in total. The molecular formula is C59H37NS2. The number of hydrogen-bond donors (Lipinski definition) is 0. The minimum Gasteiger partial charge on any atom is -0.309 e. The lowest BCUT2D eigenvalue weighted by Crippen LogP contribution is -2.30. The van der Waals surface area contributed by atoms with Crippen molar-refractivity contribution in [1.29, 1.82) is 0 Å². The van der Waals surface area contributed by atoms with E-state index >= 15 is 0 Å². The minimum atomic E-state index is -0.602. The summed E-state index contributed by atoms with van der Waals surface area (Å²) in [6, 6.07) is 83.6. The third-order valence-electron chi connectivity index (χ3n) is 13.1. The van der Waals surface area contributed by atoms with E-state index in [1.54, 1.807) is 0 Å². The second-order valence-corrected chi connectivity index (χ2v) is 18.4. The Morgan fingerprint density at radius 1 is 0.323 bits per heavy atom. The summed E-state index contributed by atoms with van der Waals surface area (Å²) in [5.41, 5.74) is 12.9. The van der Waals surface area contributed by atoms with Gasteiger partial charge < -0.3 is 4.90 Å². The molecule has 290 valence electrons. The highest BCUT2D eigenvalue weighted by Gasteiger charge is 2.48. The Morgan fingerprint density at radius 2 is 0.887 bits per heavy atom. The summed E-state index contributed by atoms with van der Waals surface area (Å²) < 4.78 is 5.21. The summed E-state index contributed by atoms with van der Waals surface area (Å²) in [7, 11) is 0. The van der Waals surface area contributed by atoms with Crippen LogP contribution in [0, 0.1) is 0 Å². The van der Waals surface area contributed by atoms with Crippen molar-refractivity contribution < 1.29 is 0 Å². The molecule has 1 aliphatic carbocycles. The molecule has 0 unspecified atom stereocenters. The van der Waals surface area contributed by atoms with Gasteiger partial charge in [-0.2, -0.15) is 0 Å². The number of benzene rings is 10. The number of thiophene rings is 2. The molecule has 0 saturated heterocycles. The maximum atomic E-state index is 2.61. The van der Waals surface area contributed by atoms with Crippen molar-refractivity contribution in [2.45, 2.75) is 5.41 Å². The van der Waals surface area contributed by atoms with Gasteiger partial charge in [-0.25, -0.2) is 0 Å². The molecule has 0 amide bonds. The van der Waals surface area contributed by atoms with Crippen LogP contribution in [0.3, 0.4) is 0 Å². The normalized spacial score (nSPS) is 13.0. The van der Waals surface area contributed by atoms with Crippen LogP contribution < -0.4 is 4.90 Å². The van der Waals surface area contributed by atoms with Gasteiger partial charge in [-0.1, -0.05) is 194 Å². The van der Waals surface area contributed by atoms with Gasteiger partial charge >= 0.3 is 0 Å². The van der Waals surface area contributed by atoms with Gasteiger partial charge in [-0.05, 0) is 68.9 Å².